The highest BCUT2D eigenvalue weighted by Crippen LogP contribution is 2.29. The quantitative estimate of drug-likeness (QED) is 0.252. The molecule has 0 unspecified atom stereocenters. The number of ketones is 2. The van der Waals surface area contributed by atoms with Crippen molar-refractivity contribution in [3.63, 3.8) is 0 Å². The molecular formula is C25H27NO7. The maximum absolute atomic E-state index is 12.8. The highest BCUT2D eigenvalue weighted by Gasteiger charge is 2.22. The summed E-state index contributed by atoms with van der Waals surface area (Å²) in [5.41, 5.74) is 1.39. The molecule has 33 heavy (non-hydrogen) atoms. The number of ether oxygens (including phenoxy) is 4. The summed E-state index contributed by atoms with van der Waals surface area (Å²) in [5.74, 6) is 0.296. The van der Waals surface area contributed by atoms with Crippen molar-refractivity contribution in [2.75, 3.05) is 35.0 Å². The minimum atomic E-state index is -1.02. The molecule has 0 bridgehead atoms. The van der Waals surface area contributed by atoms with Crippen LogP contribution in [-0.2, 0) is 9.59 Å². The van der Waals surface area contributed by atoms with Gasteiger partial charge in [0.2, 0.25) is 0 Å². The number of nitroso groups, excluding NO2 is 1. The summed E-state index contributed by atoms with van der Waals surface area (Å²) in [6.45, 7) is -0.142. The first-order valence-corrected chi connectivity index (χ1v) is 10.1. The van der Waals surface area contributed by atoms with Crippen LogP contribution in [0.3, 0.4) is 0 Å². The van der Waals surface area contributed by atoms with Crippen LogP contribution in [0.1, 0.15) is 17.5 Å². The highest BCUT2D eigenvalue weighted by molar-refractivity contribution is 6.13. The number of hydrogen-bond acceptors (Lipinski definition) is 8. The van der Waals surface area contributed by atoms with E-state index in [-0.39, 0.29) is 13.0 Å². The Morgan fingerprint density at radius 1 is 0.758 bits per heavy atom. The fraction of sp³-hybridized carbons (Fsp3) is 0.280. The van der Waals surface area contributed by atoms with E-state index in [0.717, 1.165) is 0 Å². The second-order valence-corrected chi connectivity index (χ2v) is 6.89. The van der Waals surface area contributed by atoms with Crippen molar-refractivity contribution in [2.45, 2.75) is 6.42 Å². The molecular weight excluding hydrogens is 426 g/mol. The molecule has 8 heteroatoms. The Morgan fingerprint density at radius 2 is 1.18 bits per heavy atom. The van der Waals surface area contributed by atoms with E-state index in [9.17, 15) is 14.5 Å². The molecule has 0 aliphatic rings. The van der Waals surface area contributed by atoms with Crippen LogP contribution < -0.4 is 18.9 Å². The van der Waals surface area contributed by atoms with Crippen molar-refractivity contribution < 1.29 is 28.5 Å². The highest BCUT2D eigenvalue weighted by atomic mass is 16.5. The molecule has 0 radical (unpaired) electrons. The fourth-order valence-electron chi connectivity index (χ4n) is 3.11. The van der Waals surface area contributed by atoms with Gasteiger partial charge in [0, 0.05) is 0 Å². The number of nitrogens with zero attached hydrogens (tertiary/aromatic N) is 1. The normalized spacial score (nSPS) is 11.1. The van der Waals surface area contributed by atoms with Crippen LogP contribution in [0, 0.1) is 10.8 Å². The molecule has 0 aromatic heterocycles. The number of allylic oxidation sites excluding steroid dienone is 2. The monoisotopic (exact) mass is 453 g/mol. The molecule has 0 heterocycles. The van der Waals surface area contributed by atoms with E-state index in [1.807, 2.05) is 0 Å². The number of rotatable bonds is 13. The van der Waals surface area contributed by atoms with Crippen molar-refractivity contribution in [1.29, 1.82) is 0 Å². The van der Waals surface area contributed by atoms with Gasteiger partial charge in [-0.05, 0) is 54.0 Å². The first-order valence-electron chi connectivity index (χ1n) is 10.1. The molecule has 0 spiro atoms. The van der Waals surface area contributed by atoms with E-state index in [0.29, 0.717) is 34.1 Å². The van der Waals surface area contributed by atoms with E-state index in [1.54, 1.807) is 48.6 Å². The van der Waals surface area contributed by atoms with Gasteiger partial charge in [-0.25, -0.2) is 0 Å². The molecule has 0 aliphatic carbocycles. The molecule has 0 saturated carbocycles. The van der Waals surface area contributed by atoms with Gasteiger partial charge in [-0.1, -0.05) is 29.5 Å². The molecule has 0 fully saturated rings. The Balaban J connectivity index is 2.19. The molecule has 0 N–H and O–H groups in total. The van der Waals surface area contributed by atoms with Crippen LogP contribution in [0.2, 0.25) is 0 Å². The molecule has 174 valence electrons. The van der Waals surface area contributed by atoms with Gasteiger partial charge in [-0.15, -0.1) is 0 Å². The van der Waals surface area contributed by atoms with Crippen molar-refractivity contribution in [2.24, 2.45) is 11.1 Å². The SMILES string of the molecule is COc1ccc(/C=C/C(=O)C(CCN=O)C(=O)/C=C/c2ccc(OC)c(OC)c2)cc1OC. The van der Waals surface area contributed by atoms with E-state index < -0.39 is 17.5 Å². The van der Waals surface area contributed by atoms with Gasteiger partial charge in [0.25, 0.3) is 0 Å². The molecule has 0 aliphatic heterocycles. The van der Waals surface area contributed by atoms with Crippen LogP contribution in [0.4, 0.5) is 0 Å². The predicted octanol–water partition coefficient (Wildman–Crippen LogP) is 4.36. The summed E-state index contributed by atoms with van der Waals surface area (Å²) in [6.07, 6.45) is 5.82. The number of carbonyl (C=O) groups is 2. The lowest BCUT2D eigenvalue weighted by atomic mass is 9.93. The zero-order valence-corrected chi connectivity index (χ0v) is 19.1. The summed E-state index contributed by atoms with van der Waals surface area (Å²) in [6, 6.07) is 10.4. The van der Waals surface area contributed by atoms with Crippen LogP contribution in [0.25, 0.3) is 12.2 Å². The van der Waals surface area contributed by atoms with Crippen molar-refractivity contribution in [1.82, 2.24) is 0 Å². The minimum Gasteiger partial charge on any atom is -0.493 e. The summed E-state index contributed by atoms with van der Waals surface area (Å²) in [5, 5.41) is 2.80. The third-order valence-corrected chi connectivity index (χ3v) is 4.89. The molecule has 8 nitrogen and oxygen atoms in total. The first-order chi connectivity index (χ1) is 16.0. The third kappa shape index (κ3) is 7.03. The lowest BCUT2D eigenvalue weighted by Gasteiger charge is -2.10. The van der Waals surface area contributed by atoms with Crippen molar-refractivity contribution in [3.8, 4) is 23.0 Å². The predicted molar refractivity (Wildman–Crippen MR) is 126 cm³/mol. The Morgan fingerprint density at radius 3 is 1.55 bits per heavy atom. The average Bonchev–Trinajstić information content (AvgIpc) is 2.85. The lowest BCUT2D eigenvalue weighted by Crippen LogP contribution is -2.22. The zero-order chi connectivity index (χ0) is 24.2. The number of carbonyl (C=O) groups excluding carboxylic acids is 2. The van der Waals surface area contributed by atoms with Gasteiger partial charge in [0.15, 0.2) is 34.6 Å². The van der Waals surface area contributed by atoms with Gasteiger partial charge >= 0.3 is 0 Å². The molecule has 2 aromatic rings. The average molecular weight is 453 g/mol. The molecule has 0 saturated heterocycles. The maximum atomic E-state index is 12.8. The second kappa shape index (κ2) is 12.8. The van der Waals surface area contributed by atoms with Crippen molar-refractivity contribution >= 4 is 23.7 Å². The smallest absolute Gasteiger partial charge is 0.166 e. The van der Waals surface area contributed by atoms with Gasteiger partial charge in [0.1, 0.15) is 0 Å². The Kier molecular flexibility index (Phi) is 9.82. The standard InChI is InChI=1S/C25H27NO7/c1-30-22-11-7-17(15-24(22)32-3)5-9-20(27)19(13-14-26-29)21(28)10-6-18-8-12-23(31-2)25(16-18)33-4/h5-12,15-16,19H,13-14H2,1-4H3/b9-5+,10-6+. The topological polar surface area (TPSA) is 100 Å². The van der Waals surface area contributed by atoms with Gasteiger partial charge in [-0.3, -0.25) is 9.59 Å². The van der Waals surface area contributed by atoms with E-state index in [4.69, 9.17) is 18.9 Å². The zero-order valence-electron chi connectivity index (χ0n) is 19.1. The first kappa shape index (κ1) is 25.3. The van der Waals surface area contributed by atoms with E-state index >= 15 is 0 Å². The largest absolute Gasteiger partial charge is 0.493 e. The van der Waals surface area contributed by atoms with Gasteiger partial charge in [-0.2, -0.15) is 4.91 Å². The third-order valence-electron chi connectivity index (χ3n) is 4.89. The van der Waals surface area contributed by atoms with E-state index in [1.165, 1.54) is 40.6 Å². The van der Waals surface area contributed by atoms with Crippen LogP contribution in [0.5, 0.6) is 23.0 Å². The summed E-state index contributed by atoms with van der Waals surface area (Å²) in [4.78, 5) is 36.1. The second-order valence-electron chi connectivity index (χ2n) is 6.89. The van der Waals surface area contributed by atoms with E-state index in [2.05, 4.69) is 5.18 Å². The van der Waals surface area contributed by atoms with Gasteiger partial charge < -0.3 is 18.9 Å². The molecule has 2 rings (SSSR count). The molecule has 2 aromatic carbocycles. The molecule has 0 atom stereocenters. The fourth-order valence-corrected chi connectivity index (χ4v) is 3.11. The van der Waals surface area contributed by atoms with Crippen LogP contribution in [0.15, 0.2) is 53.7 Å². The summed E-state index contributed by atoms with van der Waals surface area (Å²) in [7, 11) is 6.10. The Labute approximate surface area is 192 Å². The van der Waals surface area contributed by atoms with Crippen LogP contribution >= 0.6 is 0 Å². The summed E-state index contributed by atoms with van der Waals surface area (Å²) < 4.78 is 20.9. The van der Waals surface area contributed by atoms with Gasteiger partial charge in [0.05, 0.1) is 40.9 Å². The lowest BCUT2D eigenvalue weighted by molar-refractivity contribution is -0.127. The minimum absolute atomic E-state index is 0.0215. The van der Waals surface area contributed by atoms with Crippen LogP contribution in [-0.4, -0.2) is 46.6 Å². The van der Waals surface area contributed by atoms with Crippen molar-refractivity contribution in [3.05, 3.63) is 64.6 Å². The number of methoxy groups -OCH3 is 4. The Bertz CT molecular complexity index is 966. The number of hydrogen-bond donors (Lipinski definition) is 0. The molecule has 0 amide bonds. The summed E-state index contributed by atoms with van der Waals surface area (Å²) >= 11 is 0. The maximum Gasteiger partial charge on any atom is 0.166 e. The number of benzene rings is 2. The Hall–Kier alpha value is -3.94.